The van der Waals surface area contributed by atoms with Crippen LogP contribution in [0.2, 0.25) is 0 Å². The Bertz CT molecular complexity index is 1160. The van der Waals surface area contributed by atoms with E-state index in [4.69, 9.17) is 0 Å². The van der Waals surface area contributed by atoms with Crippen LogP contribution >= 0.6 is 0 Å². The molecule has 0 aliphatic rings. The molecule has 1 heterocycles. The molecule has 3 aromatic rings. The van der Waals surface area contributed by atoms with Crippen LogP contribution < -0.4 is 16.6 Å². The highest BCUT2D eigenvalue weighted by Crippen LogP contribution is 2.32. The standard InChI is InChI=1S/C24H26FN3O3/c1-24(2,3)22(18-9-11-19(25)12-10-18)26-20(29)16-28-21(30)13-14-27(23(28)31)15-17-7-5-4-6-8-17/h4-14,22H,15-16H2,1-3H3,(H,26,29). The predicted octanol–water partition coefficient (Wildman–Crippen LogP) is 3.10. The van der Waals surface area contributed by atoms with Crippen molar-refractivity contribution in [2.24, 2.45) is 5.41 Å². The molecule has 0 saturated heterocycles. The van der Waals surface area contributed by atoms with Gasteiger partial charge in [0.25, 0.3) is 5.56 Å². The van der Waals surface area contributed by atoms with Crippen molar-refractivity contribution in [3.8, 4) is 0 Å². The number of hydrogen-bond donors (Lipinski definition) is 1. The Morgan fingerprint density at radius 2 is 1.65 bits per heavy atom. The smallest absolute Gasteiger partial charge is 0.331 e. The van der Waals surface area contributed by atoms with Gasteiger partial charge >= 0.3 is 5.69 Å². The molecule has 0 aliphatic heterocycles. The van der Waals surface area contributed by atoms with E-state index < -0.39 is 29.7 Å². The van der Waals surface area contributed by atoms with Gasteiger partial charge in [-0.1, -0.05) is 63.2 Å². The van der Waals surface area contributed by atoms with Crippen molar-refractivity contribution >= 4 is 5.91 Å². The molecule has 1 aromatic heterocycles. The fourth-order valence-corrected chi connectivity index (χ4v) is 3.41. The van der Waals surface area contributed by atoms with E-state index in [9.17, 15) is 18.8 Å². The molecule has 162 valence electrons. The molecule has 0 saturated carbocycles. The number of rotatable bonds is 6. The summed E-state index contributed by atoms with van der Waals surface area (Å²) in [5, 5.41) is 2.90. The van der Waals surface area contributed by atoms with Gasteiger partial charge in [-0.2, -0.15) is 0 Å². The summed E-state index contributed by atoms with van der Waals surface area (Å²) < 4.78 is 15.6. The minimum absolute atomic E-state index is 0.293. The largest absolute Gasteiger partial charge is 0.347 e. The second-order valence-electron chi connectivity index (χ2n) is 8.55. The number of nitrogens with one attached hydrogen (secondary N) is 1. The summed E-state index contributed by atoms with van der Waals surface area (Å²) >= 11 is 0. The van der Waals surface area contributed by atoms with Crippen LogP contribution in [-0.2, 0) is 17.9 Å². The second-order valence-corrected chi connectivity index (χ2v) is 8.55. The van der Waals surface area contributed by atoms with Crippen LogP contribution in [0.5, 0.6) is 0 Å². The fraction of sp³-hybridized carbons (Fsp3) is 0.292. The quantitative estimate of drug-likeness (QED) is 0.662. The predicted molar refractivity (Wildman–Crippen MR) is 117 cm³/mol. The minimum atomic E-state index is -0.555. The zero-order valence-electron chi connectivity index (χ0n) is 17.8. The molecule has 0 bridgehead atoms. The van der Waals surface area contributed by atoms with E-state index in [0.29, 0.717) is 6.54 Å². The molecular weight excluding hydrogens is 397 g/mol. The summed E-state index contributed by atoms with van der Waals surface area (Å²) in [5.74, 6) is -0.835. The van der Waals surface area contributed by atoms with E-state index in [1.54, 1.807) is 12.1 Å². The average molecular weight is 423 g/mol. The Kier molecular flexibility index (Phi) is 6.53. The van der Waals surface area contributed by atoms with Crippen molar-refractivity contribution in [2.75, 3.05) is 0 Å². The Morgan fingerprint density at radius 3 is 2.26 bits per heavy atom. The summed E-state index contributed by atoms with van der Waals surface area (Å²) in [6.45, 7) is 5.73. The van der Waals surface area contributed by atoms with Gasteiger partial charge < -0.3 is 5.32 Å². The zero-order valence-corrected chi connectivity index (χ0v) is 17.8. The maximum absolute atomic E-state index is 13.3. The van der Waals surface area contributed by atoms with Gasteiger partial charge in [-0.25, -0.2) is 9.18 Å². The second kappa shape index (κ2) is 9.12. The minimum Gasteiger partial charge on any atom is -0.347 e. The first-order chi connectivity index (χ1) is 14.6. The van der Waals surface area contributed by atoms with Crippen molar-refractivity contribution in [2.45, 2.75) is 39.9 Å². The van der Waals surface area contributed by atoms with Crippen LogP contribution in [0.25, 0.3) is 0 Å². The van der Waals surface area contributed by atoms with E-state index >= 15 is 0 Å². The maximum atomic E-state index is 13.3. The van der Waals surface area contributed by atoms with Crippen LogP contribution in [0.4, 0.5) is 4.39 Å². The normalized spacial score (nSPS) is 12.4. The summed E-state index contributed by atoms with van der Waals surface area (Å²) in [5.41, 5.74) is 0.175. The van der Waals surface area contributed by atoms with Gasteiger partial charge in [-0.05, 0) is 28.7 Å². The lowest BCUT2D eigenvalue weighted by molar-refractivity contribution is -0.123. The van der Waals surface area contributed by atoms with Crippen molar-refractivity contribution in [3.05, 3.63) is 105 Å². The number of carbonyl (C=O) groups excluding carboxylic acids is 1. The fourth-order valence-electron chi connectivity index (χ4n) is 3.41. The monoisotopic (exact) mass is 423 g/mol. The molecule has 6 nitrogen and oxygen atoms in total. The van der Waals surface area contributed by atoms with Crippen LogP contribution in [-0.4, -0.2) is 15.0 Å². The number of benzene rings is 2. The van der Waals surface area contributed by atoms with Crippen LogP contribution in [0.15, 0.2) is 76.4 Å². The number of halogens is 1. The molecule has 0 aliphatic carbocycles. The molecule has 0 fully saturated rings. The van der Waals surface area contributed by atoms with Crippen LogP contribution in [0, 0.1) is 11.2 Å². The lowest BCUT2D eigenvalue weighted by Gasteiger charge is -2.32. The first kappa shape index (κ1) is 22.2. The molecular formula is C24H26FN3O3. The number of carbonyl (C=O) groups is 1. The SMILES string of the molecule is CC(C)(C)C(NC(=O)Cn1c(=O)ccn(Cc2ccccc2)c1=O)c1ccc(F)cc1. The summed E-state index contributed by atoms with van der Waals surface area (Å²) in [7, 11) is 0. The number of nitrogens with zero attached hydrogens (tertiary/aromatic N) is 2. The third kappa shape index (κ3) is 5.57. The molecule has 1 N–H and O–H groups in total. The summed E-state index contributed by atoms with van der Waals surface area (Å²) in [4.78, 5) is 37.9. The molecule has 1 amide bonds. The Hall–Kier alpha value is -3.48. The molecule has 1 unspecified atom stereocenters. The van der Waals surface area contributed by atoms with Gasteiger partial charge in [-0.3, -0.25) is 18.7 Å². The Balaban J connectivity index is 1.83. The average Bonchev–Trinajstić information content (AvgIpc) is 2.72. The zero-order chi connectivity index (χ0) is 22.6. The molecule has 3 rings (SSSR count). The highest BCUT2D eigenvalue weighted by atomic mass is 19.1. The summed E-state index contributed by atoms with van der Waals surface area (Å²) in [6.07, 6.45) is 1.43. The van der Waals surface area contributed by atoms with Gasteiger partial charge in [0.15, 0.2) is 0 Å². The molecule has 0 spiro atoms. The lowest BCUT2D eigenvalue weighted by atomic mass is 9.82. The number of hydrogen-bond acceptors (Lipinski definition) is 3. The first-order valence-corrected chi connectivity index (χ1v) is 10.0. The van der Waals surface area contributed by atoms with Crippen molar-refractivity contribution < 1.29 is 9.18 Å². The maximum Gasteiger partial charge on any atom is 0.331 e. The van der Waals surface area contributed by atoms with E-state index in [2.05, 4.69) is 5.32 Å². The molecule has 31 heavy (non-hydrogen) atoms. The van der Waals surface area contributed by atoms with E-state index in [0.717, 1.165) is 15.7 Å². The van der Waals surface area contributed by atoms with E-state index in [1.807, 2.05) is 51.1 Å². The van der Waals surface area contributed by atoms with Gasteiger partial charge in [0, 0.05) is 12.3 Å². The van der Waals surface area contributed by atoms with Crippen molar-refractivity contribution in [1.29, 1.82) is 0 Å². The van der Waals surface area contributed by atoms with Crippen molar-refractivity contribution in [1.82, 2.24) is 14.5 Å². The van der Waals surface area contributed by atoms with Crippen LogP contribution in [0.3, 0.4) is 0 Å². The van der Waals surface area contributed by atoms with Gasteiger partial charge in [0.2, 0.25) is 5.91 Å². The molecule has 1 atom stereocenters. The van der Waals surface area contributed by atoms with Crippen molar-refractivity contribution in [3.63, 3.8) is 0 Å². The number of amides is 1. The van der Waals surface area contributed by atoms with Gasteiger partial charge in [0.05, 0.1) is 12.6 Å². The molecule has 2 aromatic carbocycles. The van der Waals surface area contributed by atoms with Gasteiger partial charge in [-0.15, -0.1) is 0 Å². The Labute approximate surface area is 180 Å². The van der Waals surface area contributed by atoms with E-state index in [1.165, 1.54) is 29.0 Å². The highest BCUT2D eigenvalue weighted by Gasteiger charge is 2.28. The van der Waals surface area contributed by atoms with Gasteiger partial charge in [0.1, 0.15) is 12.4 Å². The lowest BCUT2D eigenvalue weighted by Crippen LogP contribution is -2.45. The molecule has 7 heteroatoms. The highest BCUT2D eigenvalue weighted by molar-refractivity contribution is 5.76. The number of aromatic nitrogens is 2. The van der Waals surface area contributed by atoms with Crippen LogP contribution in [0.1, 0.15) is 37.9 Å². The Morgan fingerprint density at radius 1 is 1.00 bits per heavy atom. The van der Waals surface area contributed by atoms with E-state index in [-0.39, 0.29) is 11.2 Å². The third-order valence-electron chi connectivity index (χ3n) is 5.01. The molecule has 0 radical (unpaired) electrons. The summed E-state index contributed by atoms with van der Waals surface area (Å²) in [6, 6.07) is 16.1. The topological polar surface area (TPSA) is 73.1 Å². The third-order valence-corrected chi connectivity index (χ3v) is 5.01. The first-order valence-electron chi connectivity index (χ1n) is 10.0.